The van der Waals surface area contributed by atoms with Crippen LogP contribution in [0.5, 0.6) is 0 Å². The molecule has 4 nitrogen and oxygen atoms in total. The van der Waals surface area contributed by atoms with Gasteiger partial charge in [0.1, 0.15) is 11.6 Å². The smallest absolute Gasteiger partial charge is 0.222 e. The Labute approximate surface area is 216 Å². The number of aliphatic imine (C=N–C) groups is 2. The lowest BCUT2D eigenvalue weighted by molar-refractivity contribution is -0.118. The molecule has 1 N–H and O–H groups in total. The Bertz CT molecular complexity index is 957. The maximum atomic E-state index is 13.5. The van der Waals surface area contributed by atoms with Gasteiger partial charge in [-0.25, -0.2) is 14.4 Å². The number of halogens is 1. The molecule has 1 amide bonds. The summed E-state index contributed by atoms with van der Waals surface area (Å²) in [5, 5.41) is 3.56. The summed E-state index contributed by atoms with van der Waals surface area (Å²) >= 11 is 1.74. The first-order valence-corrected chi connectivity index (χ1v) is 13.2. The number of hydrogen-bond acceptors (Lipinski definition) is 4. The van der Waals surface area contributed by atoms with Gasteiger partial charge in [0.2, 0.25) is 5.91 Å². The fraction of sp³-hybridized carbons (Fsp3) is 0.414. The molecule has 0 saturated heterocycles. The third-order valence-electron chi connectivity index (χ3n) is 4.81. The Morgan fingerprint density at radius 3 is 2.26 bits per heavy atom. The molecule has 1 aromatic carbocycles. The van der Waals surface area contributed by atoms with E-state index in [1.165, 1.54) is 24.6 Å². The van der Waals surface area contributed by atoms with E-state index < -0.39 is 0 Å². The van der Waals surface area contributed by atoms with Crippen molar-refractivity contribution in [2.24, 2.45) is 9.98 Å². The van der Waals surface area contributed by atoms with Crippen molar-refractivity contribution in [3.8, 4) is 0 Å². The zero-order valence-corrected chi connectivity index (χ0v) is 23.3. The molecule has 0 fully saturated rings. The Balaban J connectivity index is 0.00000562. The van der Waals surface area contributed by atoms with Crippen molar-refractivity contribution < 1.29 is 9.18 Å². The second-order valence-corrected chi connectivity index (χ2v) is 8.86. The molecule has 0 aromatic heterocycles. The van der Waals surface area contributed by atoms with Crippen LogP contribution in [0.2, 0.25) is 0 Å². The monoisotopic (exact) mass is 499 g/mol. The van der Waals surface area contributed by atoms with Crippen LogP contribution in [0.1, 0.15) is 79.7 Å². The second-order valence-electron chi connectivity index (χ2n) is 7.69. The van der Waals surface area contributed by atoms with Crippen LogP contribution < -0.4 is 5.32 Å². The molecule has 0 unspecified atom stereocenters. The van der Waals surface area contributed by atoms with E-state index in [2.05, 4.69) is 37.3 Å². The normalized spacial score (nSPS) is 12.6. The number of amides is 1. The zero-order valence-electron chi connectivity index (χ0n) is 22.5. The van der Waals surface area contributed by atoms with E-state index >= 15 is 0 Å². The molecule has 0 aliphatic carbocycles. The standard InChI is InChI=1S/C27H36FN3OS.C2H6/c1-8-10-19(3)16-18-33-26(9-2)31-27(24-11-13-25(28)14-12-24)21(5)20(4)15-17-29-22(6)30-23(7)32;1-2/h11-15,17H,3,6,8-10,16,18H2,1-2,4-5,7H3,(H,30,32);1-2H3/b20-15+,27-21+,29-17-,31-26?;. The zero-order chi connectivity index (χ0) is 26.8. The lowest BCUT2D eigenvalue weighted by atomic mass is 10.0. The van der Waals surface area contributed by atoms with Crippen LogP contribution in [0.3, 0.4) is 0 Å². The van der Waals surface area contributed by atoms with Crippen LogP contribution >= 0.6 is 11.8 Å². The molecular weight excluding hydrogens is 457 g/mol. The van der Waals surface area contributed by atoms with Gasteiger partial charge < -0.3 is 5.32 Å². The quantitative estimate of drug-likeness (QED) is 0.136. The first-order chi connectivity index (χ1) is 16.7. The van der Waals surface area contributed by atoms with Crippen molar-refractivity contribution in [1.82, 2.24) is 5.32 Å². The van der Waals surface area contributed by atoms with Crippen molar-refractivity contribution in [3.05, 3.63) is 77.4 Å². The molecule has 0 aliphatic rings. The van der Waals surface area contributed by atoms with Gasteiger partial charge >= 0.3 is 0 Å². The molecule has 6 heteroatoms. The number of hydrogen-bond donors (Lipinski definition) is 1. The highest BCUT2D eigenvalue weighted by molar-refractivity contribution is 8.13. The number of nitrogens with zero attached hydrogens (tertiary/aromatic N) is 2. The molecule has 35 heavy (non-hydrogen) atoms. The number of benzene rings is 1. The lowest BCUT2D eigenvalue weighted by Crippen LogP contribution is -2.16. The third kappa shape index (κ3) is 13.7. The van der Waals surface area contributed by atoms with Crippen molar-refractivity contribution in [1.29, 1.82) is 0 Å². The summed E-state index contributed by atoms with van der Waals surface area (Å²) in [5.74, 6) is 0.715. The third-order valence-corrected chi connectivity index (χ3v) is 5.93. The van der Waals surface area contributed by atoms with Crippen molar-refractivity contribution in [2.45, 2.75) is 74.1 Å². The van der Waals surface area contributed by atoms with Crippen LogP contribution in [-0.4, -0.2) is 22.9 Å². The molecule has 0 heterocycles. The average molecular weight is 500 g/mol. The van der Waals surface area contributed by atoms with Gasteiger partial charge in [-0.3, -0.25) is 4.79 Å². The largest absolute Gasteiger partial charge is 0.311 e. The Hall–Kier alpha value is -2.73. The number of rotatable bonds is 12. The second kappa shape index (κ2) is 18.6. The minimum atomic E-state index is -0.282. The molecule has 0 saturated carbocycles. The maximum Gasteiger partial charge on any atom is 0.222 e. The highest BCUT2D eigenvalue weighted by Gasteiger charge is 2.10. The summed E-state index contributed by atoms with van der Waals surface area (Å²) in [6.07, 6.45) is 7.39. The van der Waals surface area contributed by atoms with Gasteiger partial charge in [-0.1, -0.05) is 52.8 Å². The molecular formula is C29H42FN3OS. The number of allylic oxidation sites excluding steroid dienone is 4. The first-order valence-electron chi connectivity index (χ1n) is 12.2. The van der Waals surface area contributed by atoms with E-state index in [-0.39, 0.29) is 17.5 Å². The topological polar surface area (TPSA) is 53.8 Å². The van der Waals surface area contributed by atoms with E-state index in [1.807, 2.05) is 33.8 Å². The summed E-state index contributed by atoms with van der Waals surface area (Å²) in [5.41, 5.74) is 4.83. The van der Waals surface area contributed by atoms with E-state index in [4.69, 9.17) is 4.99 Å². The predicted octanol–water partition coefficient (Wildman–Crippen LogP) is 8.50. The van der Waals surface area contributed by atoms with E-state index in [1.54, 1.807) is 30.1 Å². The van der Waals surface area contributed by atoms with Gasteiger partial charge in [-0.05, 0) is 74.6 Å². The maximum absolute atomic E-state index is 13.5. The molecule has 0 bridgehead atoms. The lowest BCUT2D eigenvalue weighted by Gasteiger charge is -2.12. The first kappa shape index (κ1) is 32.3. The van der Waals surface area contributed by atoms with Crippen LogP contribution in [0.4, 0.5) is 4.39 Å². The summed E-state index contributed by atoms with van der Waals surface area (Å²) in [6, 6.07) is 6.39. The van der Waals surface area contributed by atoms with Gasteiger partial charge in [0.15, 0.2) is 0 Å². The number of thioether (sulfide) groups is 1. The highest BCUT2D eigenvalue weighted by atomic mass is 32.2. The van der Waals surface area contributed by atoms with Gasteiger partial charge in [0.05, 0.1) is 10.7 Å². The molecule has 0 atom stereocenters. The van der Waals surface area contributed by atoms with E-state index in [9.17, 15) is 9.18 Å². The van der Waals surface area contributed by atoms with E-state index in [0.29, 0.717) is 0 Å². The van der Waals surface area contributed by atoms with Crippen LogP contribution in [0, 0.1) is 5.82 Å². The fourth-order valence-electron chi connectivity index (χ4n) is 2.89. The Kier molecular flexibility index (Phi) is 17.1. The molecule has 0 radical (unpaired) electrons. The van der Waals surface area contributed by atoms with Gasteiger partial charge in [-0.15, -0.1) is 11.8 Å². The minimum Gasteiger partial charge on any atom is -0.311 e. The summed E-state index contributed by atoms with van der Waals surface area (Å²) in [7, 11) is 0. The number of nitrogens with one attached hydrogen (secondary N) is 1. The van der Waals surface area contributed by atoms with Crippen LogP contribution in [0.15, 0.2) is 76.0 Å². The van der Waals surface area contributed by atoms with Gasteiger partial charge in [-0.2, -0.15) is 0 Å². The SMILES string of the molecule is C=C(CCC)CCSC(CC)=N/C(=C(C)/C(C)=C/C=N\C(=C)NC(C)=O)c1ccc(F)cc1.CC. The van der Waals surface area contributed by atoms with Crippen LogP contribution in [-0.2, 0) is 4.79 Å². The van der Waals surface area contributed by atoms with E-state index in [0.717, 1.165) is 58.9 Å². The fourth-order valence-corrected chi connectivity index (χ4v) is 3.88. The van der Waals surface area contributed by atoms with Gasteiger partial charge in [0.25, 0.3) is 0 Å². The van der Waals surface area contributed by atoms with Crippen LogP contribution in [0.25, 0.3) is 5.70 Å². The minimum absolute atomic E-state index is 0.218. The summed E-state index contributed by atoms with van der Waals surface area (Å²) in [4.78, 5) is 20.2. The van der Waals surface area contributed by atoms with Gasteiger partial charge in [0, 0.05) is 24.5 Å². The molecule has 1 aromatic rings. The summed E-state index contributed by atoms with van der Waals surface area (Å²) < 4.78 is 13.5. The molecule has 1 rings (SSSR count). The Morgan fingerprint density at radius 2 is 1.71 bits per heavy atom. The number of carbonyl (C=O) groups is 1. The average Bonchev–Trinajstić information content (AvgIpc) is 2.82. The van der Waals surface area contributed by atoms with Crippen molar-refractivity contribution in [3.63, 3.8) is 0 Å². The highest BCUT2D eigenvalue weighted by Crippen LogP contribution is 2.27. The predicted molar refractivity (Wildman–Crippen MR) is 154 cm³/mol. The molecule has 0 aliphatic heterocycles. The molecule has 192 valence electrons. The Morgan fingerprint density at radius 1 is 1.09 bits per heavy atom. The van der Waals surface area contributed by atoms with Crippen molar-refractivity contribution in [2.75, 3.05) is 5.75 Å². The molecule has 0 spiro atoms. The summed E-state index contributed by atoms with van der Waals surface area (Å²) in [6.45, 7) is 21.5. The number of carbonyl (C=O) groups excluding carboxylic acids is 1. The van der Waals surface area contributed by atoms with Crippen molar-refractivity contribution >= 4 is 34.6 Å².